The summed E-state index contributed by atoms with van der Waals surface area (Å²) in [6.45, 7) is 1.38. The van der Waals surface area contributed by atoms with Gasteiger partial charge in [-0.05, 0) is 36.5 Å². The second-order valence-electron chi connectivity index (χ2n) is 8.52. The first-order chi connectivity index (χ1) is 16.8. The minimum absolute atomic E-state index is 0.357. The Morgan fingerprint density at radius 2 is 1.89 bits per heavy atom. The third-order valence-electron chi connectivity index (χ3n) is 5.69. The maximum absolute atomic E-state index is 11.4. The van der Waals surface area contributed by atoms with Crippen molar-refractivity contribution >= 4 is 37.8 Å². The summed E-state index contributed by atoms with van der Waals surface area (Å²) in [6, 6.07) is 13.9. The number of ether oxygens (including phenoxy) is 2. The summed E-state index contributed by atoms with van der Waals surface area (Å²) in [5.41, 5.74) is 10.6. The van der Waals surface area contributed by atoms with E-state index in [1.165, 1.54) is 6.26 Å². The molecule has 10 heteroatoms. The molecule has 0 radical (unpaired) electrons. The van der Waals surface area contributed by atoms with Gasteiger partial charge in [0.2, 0.25) is 10.0 Å². The lowest BCUT2D eigenvalue weighted by Gasteiger charge is -2.13. The lowest BCUT2D eigenvalue weighted by molar-refractivity contribution is 0.201. The Balaban J connectivity index is 1.67. The molecule has 2 heterocycles. The van der Waals surface area contributed by atoms with Crippen LogP contribution in [0.1, 0.15) is 29.8 Å². The number of benzene rings is 2. The van der Waals surface area contributed by atoms with Crippen LogP contribution in [0, 0.1) is 0 Å². The molecule has 186 valence electrons. The Morgan fingerprint density at radius 3 is 2.63 bits per heavy atom. The molecule has 4 N–H and O–H groups in total. The van der Waals surface area contributed by atoms with E-state index in [0.29, 0.717) is 49.7 Å². The van der Waals surface area contributed by atoms with Crippen molar-refractivity contribution in [2.24, 2.45) is 0 Å². The number of nitrogens with two attached hydrogens (primary N) is 1. The Morgan fingerprint density at radius 1 is 1.09 bits per heavy atom. The number of hydrogen-bond acceptors (Lipinski definition) is 7. The van der Waals surface area contributed by atoms with Crippen LogP contribution >= 0.6 is 0 Å². The number of pyridine rings is 1. The third kappa shape index (κ3) is 6.47. The second kappa shape index (κ2) is 11.0. The van der Waals surface area contributed by atoms with Gasteiger partial charge in [-0.25, -0.2) is 23.1 Å². The molecular weight excluding hydrogens is 466 g/mol. The van der Waals surface area contributed by atoms with Crippen LogP contribution < -0.4 is 15.2 Å². The van der Waals surface area contributed by atoms with Crippen molar-refractivity contribution in [2.45, 2.75) is 32.3 Å². The molecule has 9 nitrogen and oxygen atoms in total. The summed E-state index contributed by atoms with van der Waals surface area (Å²) >= 11 is 0. The molecule has 0 fully saturated rings. The number of H-pyrrole nitrogens is 1. The monoisotopic (exact) mass is 497 g/mol. The fraction of sp³-hybridized carbons (Fsp3) is 0.360. The van der Waals surface area contributed by atoms with Crippen molar-refractivity contribution in [2.75, 3.05) is 32.3 Å². The van der Waals surface area contributed by atoms with E-state index >= 15 is 0 Å². The smallest absolute Gasteiger partial charge is 0.208 e. The van der Waals surface area contributed by atoms with E-state index in [-0.39, 0.29) is 0 Å². The van der Waals surface area contributed by atoms with E-state index in [2.05, 4.69) is 19.7 Å². The van der Waals surface area contributed by atoms with Gasteiger partial charge in [-0.3, -0.25) is 0 Å². The summed E-state index contributed by atoms with van der Waals surface area (Å²) in [5.74, 6) is 1.85. The van der Waals surface area contributed by atoms with Crippen LogP contribution in [0.4, 0.5) is 5.82 Å². The molecule has 4 rings (SSSR count). The van der Waals surface area contributed by atoms with Gasteiger partial charge >= 0.3 is 0 Å². The van der Waals surface area contributed by atoms with E-state index in [1.54, 1.807) is 7.11 Å². The summed E-state index contributed by atoms with van der Waals surface area (Å²) in [7, 11) is -1.55. The zero-order chi connectivity index (χ0) is 24.8. The number of rotatable bonds is 12. The Labute approximate surface area is 205 Å². The van der Waals surface area contributed by atoms with E-state index in [9.17, 15) is 8.42 Å². The average Bonchev–Trinajstić information content (AvgIpc) is 3.26. The molecule has 0 aliphatic carbocycles. The molecule has 0 saturated heterocycles. The highest BCUT2D eigenvalue weighted by molar-refractivity contribution is 7.88. The van der Waals surface area contributed by atoms with Gasteiger partial charge in [-0.15, -0.1) is 0 Å². The minimum atomic E-state index is -3.20. The molecule has 0 amide bonds. The van der Waals surface area contributed by atoms with E-state index < -0.39 is 10.0 Å². The van der Waals surface area contributed by atoms with Gasteiger partial charge in [-0.1, -0.05) is 30.3 Å². The third-order valence-corrected chi connectivity index (χ3v) is 6.42. The molecule has 0 aliphatic heterocycles. The average molecular weight is 498 g/mol. The summed E-state index contributed by atoms with van der Waals surface area (Å²) < 4.78 is 36.6. The fourth-order valence-electron chi connectivity index (χ4n) is 4.04. The number of sulfonamides is 1. The standard InChI is InChI=1S/C25H31N5O4S/c1-33-13-11-21-29-23-22-18(10-6-7-12-27-35(2,31)32)14-19(34-16-17-8-4-3-5-9-17)15-20(22)28-25(26)24(23)30-21/h3-5,8-9,14-15,27H,6-7,10-13,16H2,1-2H3,(H2,26,28)(H,29,30). The number of aromatic amines is 1. The highest BCUT2D eigenvalue weighted by Crippen LogP contribution is 2.33. The van der Waals surface area contributed by atoms with Crippen molar-refractivity contribution in [1.29, 1.82) is 0 Å². The van der Waals surface area contributed by atoms with Crippen molar-refractivity contribution in [3.63, 3.8) is 0 Å². The maximum Gasteiger partial charge on any atom is 0.208 e. The summed E-state index contributed by atoms with van der Waals surface area (Å²) in [6.07, 6.45) is 4.02. The van der Waals surface area contributed by atoms with E-state index in [0.717, 1.165) is 46.2 Å². The molecule has 0 saturated carbocycles. The summed E-state index contributed by atoms with van der Waals surface area (Å²) in [5, 5.41) is 0.952. The highest BCUT2D eigenvalue weighted by Gasteiger charge is 2.16. The van der Waals surface area contributed by atoms with E-state index in [4.69, 9.17) is 15.2 Å². The number of aryl methyl sites for hydroxylation is 1. The number of nitrogens with zero attached hydrogens (tertiary/aromatic N) is 2. The van der Waals surface area contributed by atoms with Gasteiger partial charge < -0.3 is 20.2 Å². The molecule has 35 heavy (non-hydrogen) atoms. The van der Waals surface area contributed by atoms with Gasteiger partial charge in [0, 0.05) is 31.5 Å². The first-order valence-corrected chi connectivity index (χ1v) is 13.4. The number of anilines is 1. The first-order valence-electron chi connectivity index (χ1n) is 11.5. The van der Waals surface area contributed by atoms with Crippen molar-refractivity contribution in [3.8, 4) is 5.75 Å². The van der Waals surface area contributed by atoms with Crippen molar-refractivity contribution in [3.05, 3.63) is 59.4 Å². The van der Waals surface area contributed by atoms with Crippen LogP contribution in [-0.2, 0) is 34.2 Å². The topological polar surface area (TPSA) is 132 Å². The largest absolute Gasteiger partial charge is 0.489 e. The predicted octanol–water partition coefficient (Wildman–Crippen LogP) is 3.33. The van der Waals surface area contributed by atoms with Crippen LogP contribution in [0.5, 0.6) is 5.75 Å². The molecule has 0 atom stereocenters. The Bertz CT molecular complexity index is 1400. The molecule has 0 unspecified atom stereocenters. The first kappa shape index (κ1) is 24.9. The molecule has 4 aromatic rings. The number of nitrogen functional groups attached to an aromatic ring is 1. The maximum atomic E-state index is 11.4. The van der Waals surface area contributed by atoms with Gasteiger partial charge in [-0.2, -0.15) is 0 Å². The number of imidazole rings is 1. The number of nitrogens with one attached hydrogen (secondary N) is 2. The van der Waals surface area contributed by atoms with Crippen LogP contribution in [0.25, 0.3) is 21.9 Å². The second-order valence-corrected chi connectivity index (χ2v) is 10.4. The van der Waals surface area contributed by atoms with Crippen molar-refractivity contribution in [1.82, 2.24) is 19.7 Å². The Hall–Kier alpha value is -3.21. The van der Waals surface area contributed by atoms with Gasteiger partial charge in [0.15, 0.2) is 5.82 Å². The van der Waals surface area contributed by atoms with Crippen LogP contribution in [0.15, 0.2) is 42.5 Å². The van der Waals surface area contributed by atoms with Gasteiger partial charge in [0.05, 0.1) is 23.9 Å². The number of aromatic nitrogens is 3. The molecule has 2 aromatic carbocycles. The van der Waals surface area contributed by atoms with E-state index in [1.807, 2.05) is 42.5 Å². The predicted molar refractivity (Wildman–Crippen MR) is 138 cm³/mol. The number of unbranched alkanes of at least 4 members (excludes halogenated alkanes) is 1. The molecule has 0 aliphatic rings. The summed E-state index contributed by atoms with van der Waals surface area (Å²) in [4.78, 5) is 12.7. The number of hydrogen-bond donors (Lipinski definition) is 3. The Kier molecular flexibility index (Phi) is 7.84. The van der Waals surface area contributed by atoms with Gasteiger partial charge in [0.25, 0.3) is 0 Å². The number of fused-ring (bicyclic) bond motifs is 3. The highest BCUT2D eigenvalue weighted by atomic mass is 32.2. The normalized spacial score (nSPS) is 11.9. The zero-order valence-corrected chi connectivity index (χ0v) is 20.8. The number of methoxy groups -OCH3 is 1. The SMILES string of the molecule is COCCc1nc2c(N)nc3cc(OCc4ccccc4)cc(CCCCNS(C)(=O)=O)c3c2[nH]1. The molecular formula is C25H31N5O4S. The lowest BCUT2D eigenvalue weighted by Crippen LogP contribution is -2.22. The molecule has 2 aromatic heterocycles. The molecule has 0 spiro atoms. The van der Waals surface area contributed by atoms with Crippen LogP contribution in [-0.4, -0.2) is 49.9 Å². The van der Waals surface area contributed by atoms with Crippen LogP contribution in [0.3, 0.4) is 0 Å². The minimum Gasteiger partial charge on any atom is -0.489 e. The van der Waals surface area contributed by atoms with Crippen LogP contribution in [0.2, 0.25) is 0 Å². The molecule has 0 bridgehead atoms. The van der Waals surface area contributed by atoms with Gasteiger partial charge in [0.1, 0.15) is 23.7 Å². The zero-order valence-electron chi connectivity index (χ0n) is 20.0. The fourth-order valence-corrected chi connectivity index (χ4v) is 4.56. The lowest BCUT2D eigenvalue weighted by atomic mass is 10.0. The van der Waals surface area contributed by atoms with Crippen molar-refractivity contribution < 1.29 is 17.9 Å². The quantitative estimate of drug-likeness (QED) is 0.256.